The van der Waals surface area contributed by atoms with E-state index in [1.165, 1.54) is 64.2 Å². The highest BCUT2D eigenvalue weighted by Crippen LogP contribution is 2.13. The van der Waals surface area contributed by atoms with E-state index in [1.54, 1.807) is 21.1 Å². The highest BCUT2D eigenvalue weighted by Gasteiger charge is 2.07. The van der Waals surface area contributed by atoms with Gasteiger partial charge in [-0.1, -0.05) is 70.8 Å². The maximum atomic E-state index is 11.3. The zero-order valence-electron chi connectivity index (χ0n) is 16.2. The van der Waals surface area contributed by atoms with Crippen LogP contribution in [0.3, 0.4) is 0 Å². The van der Waals surface area contributed by atoms with Crippen molar-refractivity contribution in [3.63, 3.8) is 0 Å². The lowest BCUT2D eigenvalue weighted by Gasteiger charge is -2.10. The Hall–Kier alpha value is -0.653. The van der Waals surface area contributed by atoms with E-state index in [0.29, 0.717) is 5.57 Å². The predicted molar refractivity (Wildman–Crippen MR) is 105 cm³/mol. The third-order valence-electron chi connectivity index (χ3n) is 4.32. The van der Waals surface area contributed by atoms with Crippen molar-refractivity contribution in [3.8, 4) is 0 Å². The van der Waals surface area contributed by atoms with Crippen LogP contribution in [0.2, 0.25) is 6.04 Å². The second-order valence-electron chi connectivity index (χ2n) is 6.61. The fraction of sp³-hybridized carbons (Fsp3) is 0.842. The summed E-state index contributed by atoms with van der Waals surface area (Å²) in [6, 6.07) is 1.14. The lowest BCUT2D eigenvalue weighted by molar-refractivity contribution is -0.117. The molecule has 0 fully saturated rings. The second-order valence-corrected chi connectivity index (χ2v) is 8.99. The SMILES string of the molecule is C=C(C)C(=O)NCCCCCCCCCCCCC[SiH](OC)OC. The number of hydrogen-bond donors (Lipinski definition) is 1. The maximum absolute atomic E-state index is 11.3. The highest BCUT2D eigenvalue weighted by molar-refractivity contribution is 6.44. The molecule has 24 heavy (non-hydrogen) atoms. The molecule has 0 spiro atoms. The maximum Gasteiger partial charge on any atom is 0.320 e. The molecule has 0 rings (SSSR count). The monoisotopic (exact) mass is 357 g/mol. The van der Waals surface area contributed by atoms with Gasteiger partial charge < -0.3 is 14.2 Å². The first kappa shape index (κ1) is 23.3. The number of amides is 1. The van der Waals surface area contributed by atoms with Gasteiger partial charge in [0.15, 0.2) is 0 Å². The Morgan fingerprint density at radius 1 is 0.833 bits per heavy atom. The zero-order valence-corrected chi connectivity index (χ0v) is 17.4. The van der Waals surface area contributed by atoms with Gasteiger partial charge in [-0.15, -0.1) is 0 Å². The van der Waals surface area contributed by atoms with Crippen LogP contribution in [0, 0.1) is 0 Å². The molecule has 0 aliphatic rings. The minimum absolute atomic E-state index is 0.0164. The number of rotatable bonds is 17. The van der Waals surface area contributed by atoms with Crippen LogP contribution in [0.1, 0.15) is 77.6 Å². The Balaban J connectivity index is 3.15. The van der Waals surface area contributed by atoms with Crippen LogP contribution in [0.15, 0.2) is 12.2 Å². The fourth-order valence-corrected chi connectivity index (χ4v) is 4.00. The first-order chi connectivity index (χ1) is 11.6. The number of carbonyl (C=O) groups is 1. The van der Waals surface area contributed by atoms with E-state index >= 15 is 0 Å². The summed E-state index contributed by atoms with van der Waals surface area (Å²) >= 11 is 0. The average molecular weight is 358 g/mol. The van der Waals surface area contributed by atoms with E-state index in [-0.39, 0.29) is 5.91 Å². The van der Waals surface area contributed by atoms with Crippen molar-refractivity contribution in [2.45, 2.75) is 83.6 Å². The third-order valence-corrected chi connectivity index (χ3v) is 6.25. The highest BCUT2D eigenvalue weighted by atomic mass is 28.3. The van der Waals surface area contributed by atoms with Gasteiger partial charge in [0.05, 0.1) is 0 Å². The minimum atomic E-state index is -1.32. The van der Waals surface area contributed by atoms with E-state index in [0.717, 1.165) is 19.0 Å². The van der Waals surface area contributed by atoms with Crippen molar-refractivity contribution in [1.29, 1.82) is 0 Å². The van der Waals surface area contributed by atoms with Crippen molar-refractivity contribution < 1.29 is 13.6 Å². The van der Waals surface area contributed by atoms with E-state index < -0.39 is 9.28 Å². The largest absolute Gasteiger partial charge is 0.400 e. The Morgan fingerprint density at radius 2 is 1.25 bits per heavy atom. The molecular formula is C19H39NO3Si. The molecule has 0 aliphatic heterocycles. The summed E-state index contributed by atoms with van der Waals surface area (Å²) in [5.41, 5.74) is 0.592. The molecule has 0 bridgehead atoms. The van der Waals surface area contributed by atoms with Crippen molar-refractivity contribution in [1.82, 2.24) is 5.32 Å². The molecule has 0 aromatic rings. The molecule has 0 heterocycles. The number of unbranched alkanes of at least 4 members (excludes halogenated alkanes) is 10. The summed E-state index contributed by atoms with van der Waals surface area (Å²) in [4.78, 5) is 11.3. The molecule has 0 radical (unpaired) electrons. The smallest absolute Gasteiger partial charge is 0.320 e. The average Bonchev–Trinajstić information content (AvgIpc) is 2.58. The molecule has 0 aromatic heterocycles. The van der Waals surface area contributed by atoms with Gasteiger partial charge in [-0.25, -0.2) is 0 Å². The molecule has 1 amide bonds. The van der Waals surface area contributed by atoms with Crippen LogP contribution < -0.4 is 5.32 Å². The van der Waals surface area contributed by atoms with Gasteiger partial charge in [0.2, 0.25) is 5.91 Å². The molecule has 142 valence electrons. The molecule has 0 aromatic carbocycles. The molecule has 0 unspecified atom stereocenters. The Labute approximate surface area is 151 Å². The van der Waals surface area contributed by atoms with Crippen molar-refractivity contribution in [2.75, 3.05) is 20.8 Å². The Morgan fingerprint density at radius 3 is 1.67 bits per heavy atom. The van der Waals surface area contributed by atoms with E-state index in [2.05, 4.69) is 11.9 Å². The lowest BCUT2D eigenvalue weighted by atomic mass is 10.1. The molecule has 0 aliphatic carbocycles. The minimum Gasteiger partial charge on any atom is -0.400 e. The summed E-state index contributed by atoms with van der Waals surface area (Å²) in [5, 5.41) is 2.88. The van der Waals surface area contributed by atoms with Crippen molar-refractivity contribution in [2.24, 2.45) is 0 Å². The molecule has 0 saturated carbocycles. The lowest BCUT2D eigenvalue weighted by Crippen LogP contribution is -2.24. The van der Waals surface area contributed by atoms with Crippen LogP contribution >= 0.6 is 0 Å². The van der Waals surface area contributed by atoms with Gasteiger partial charge in [0.25, 0.3) is 0 Å². The summed E-state index contributed by atoms with van der Waals surface area (Å²) in [6.45, 7) is 6.15. The van der Waals surface area contributed by atoms with Gasteiger partial charge >= 0.3 is 9.28 Å². The van der Waals surface area contributed by atoms with Gasteiger partial charge in [-0.2, -0.15) is 0 Å². The van der Waals surface area contributed by atoms with E-state index in [4.69, 9.17) is 8.85 Å². The molecule has 1 N–H and O–H groups in total. The number of carbonyl (C=O) groups excluding carboxylic acids is 1. The summed E-state index contributed by atoms with van der Waals surface area (Å²) in [6.07, 6.45) is 14.2. The van der Waals surface area contributed by atoms with Crippen LogP contribution in [0.25, 0.3) is 0 Å². The van der Waals surface area contributed by atoms with Crippen molar-refractivity contribution >= 4 is 15.2 Å². The second kappa shape index (κ2) is 17.2. The molecule has 5 heteroatoms. The first-order valence-corrected chi connectivity index (χ1v) is 11.4. The molecular weight excluding hydrogens is 318 g/mol. The summed E-state index contributed by atoms with van der Waals surface area (Å²) in [5.74, 6) is -0.0164. The van der Waals surface area contributed by atoms with Crippen LogP contribution in [0.4, 0.5) is 0 Å². The normalized spacial score (nSPS) is 11.0. The topological polar surface area (TPSA) is 47.6 Å². The number of hydrogen-bond acceptors (Lipinski definition) is 3. The summed E-state index contributed by atoms with van der Waals surface area (Å²) in [7, 11) is 2.21. The van der Waals surface area contributed by atoms with Gasteiger partial charge in [-0.3, -0.25) is 4.79 Å². The standard InChI is InChI=1S/C19H39NO3Si/c1-18(2)19(21)20-16-14-12-10-8-6-5-7-9-11-13-15-17-24(22-3)23-4/h24H,1,5-17H2,2-4H3,(H,20,21). The van der Waals surface area contributed by atoms with E-state index in [1.807, 2.05) is 0 Å². The van der Waals surface area contributed by atoms with Gasteiger partial charge in [0.1, 0.15) is 0 Å². The molecule has 0 atom stereocenters. The zero-order chi connectivity index (χ0) is 18.0. The summed E-state index contributed by atoms with van der Waals surface area (Å²) < 4.78 is 10.6. The van der Waals surface area contributed by atoms with E-state index in [9.17, 15) is 4.79 Å². The Bertz CT molecular complexity index is 320. The quantitative estimate of drug-likeness (QED) is 0.237. The number of nitrogens with one attached hydrogen (secondary N) is 1. The third kappa shape index (κ3) is 14.9. The van der Waals surface area contributed by atoms with Crippen LogP contribution in [-0.2, 0) is 13.6 Å². The van der Waals surface area contributed by atoms with Crippen LogP contribution in [-0.4, -0.2) is 36.0 Å². The Kier molecular flexibility index (Phi) is 16.7. The fourth-order valence-electron chi connectivity index (χ4n) is 2.71. The molecule has 0 saturated heterocycles. The molecule has 4 nitrogen and oxygen atoms in total. The van der Waals surface area contributed by atoms with Crippen molar-refractivity contribution in [3.05, 3.63) is 12.2 Å². The van der Waals surface area contributed by atoms with Crippen LogP contribution in [0.5, 0.6) is 0 Å². The first-order valence-electron chi connectivity index (χ1n) is 9.61. The predicted octanol–water partition coefficient (Wildman–Crippen LogP) is 4.48. The van der Waals surface area contributed by atoms with Gasteiger partial charge in [0, 0.05) is 26.3 Å². The van der Waals surface area contributed by atoms with Gasteiger partial charge in [-0.05, 0) is 19.4 Å².